The first-order valence-electron chi connectivity index (χ1n) is 4.26. The molecule has 0 heterocycles. The second kappa shape index (κ2) is 3.66. The van der Waals surface area contributed by atoms with Gasteiger partial charge in [-0.25, -0.2) is 0 Å². The molecule has 0 saturated carbocycles. The van der Waals surface area contributed by atoms with Gasteiger partial charge in [0.05, 0.1) is 18.3 Å². The van der Waals surface area contributed by atoms with Crippen LogP contribution in [0.2, 0.25) is 0 Å². The van der Waals surface area contributed by atoms with Crippen molar-refractivity contribution in [3.8, 4) is 0 Å². The van der Waals surface area contributed by atoms with Crippen LogP contribution in [0.15, 0.2) is 35.8 Å². The summed E-state index contributed by atoms with van der Waals surface area (Å²) in [6.07, 6.45) is 8.19. The highest BCUT2D eigenvalue weighted by molar-refractivity contribution is 5.34. The number of hydrogen-bond acceptors (Lipinski definition) is 3. The second-order valence-electron chi connectivity index (χ2n) is 3.22. The Morgan fingerprint density at radius 1 is 1.62 bits per heavy atom. The Balaban J connectivity index is 2.86. The fraction of sp³-hybridized carbons (Fsp3) is 0.400. The molecule has 1 unspecified atom stereocenters. The zero-order chi connectivity index (χ0) is 9.90. The maximum absolute atomic E-state index is 6.03. The molecule has 72 valence electrons. The van der Waals surface area contributed by atoms with E-state index in [2.05, 4.69) is 0 Å². The van der Waals surface area contributed by atoms with Crippen LogP contribution in [0.5, 0.6) is 0 Å². The minimum atomic E-state index is -0.444. The summed E-state index contributed by atoms with van der Waals surface area (Å²) in [5, 5.41) is 0. The van der Waals surface area contributed by atoms with E-state index >= 15 is 0 Å². The van der Waals surface area contributed by atoms with Crippen molar-refractivity contribution in [3.05, 3.63) is 35.8 Å². The maximum atomic E-state index is 6.03. The average Bonchev–Trinajstić information content (AvgIpc) is 2.04. The van der Waals surface area contributed by atoms with E-state index < -0.39 is 5.54 Å². The Morgan fingerprint density at radius 2 is 2.31 bits per heavy atom. The molecular weight excluding hydrogens is 164 g/mol. The van der Waals surface area contributed by atoms with E-state index in [0.29, 0.717) is 17.9 Å². The highest BCUT2D eigenvalue weighted by atomic mass is 16.5. The molecular formula is C10H16N2O. The molecule has 0 aliphatic heterocycles. The predicted octanol–water partition coefficient (Wildman–Crippen LogP) is 1.04. The standard InChI is InChI=1S/C10H16N2O/c1-3-5-10(12)6-4-9(13-2)8(11)7-10/h3-6H,7,11-12H2,1-2H3. The number of nitrogens with two attached hydrogens (primary N) is 2. The van der Waals surface area contributed by atoms with Gasteiger partial charge in [0.1, 0.15) is 5.76 Å². The first kappa shape index (κ1) is 9.86. The largest absolute Gasteiger partial charge is 0.495 e. The van der Waals surface area contributed by atoms with E-state index in [0.717, 1.165) is 0 Å². The number of methoxy groups -OCH3 is 1. The molecule has 0 bridgehead atoms. The van der Waals surface area contributed by atoms with Gasteiger partial charge in [0, 0.05) is 6.42 Å². The van der Waals surface area contributed by atoms with Gasteiger partial charge in [0.2, 0.25) is 0 Å². The van der Waals surface area contributed by atoms with Crippen molar-refractivity contribution in [1.82, 2.24) is 0 Å². The van der Waals surface area contributed by atoms with Gasteiger partial charge < -0.3 is 16.2 Å². The van der Waals surface area contributed by atoms with Crippen molar-refractivity contribution in [1.29, 1.82) is 0 Å². The highest BCUT2D eigenvalue weighted by Crippen LogP contribution is 2.23. The SMILES string of the molecule is CC=CC1(N)C=CC(OC)=C(N)C1. The van der Waals surface area contributed by atoms with Crippen LogP contribution in [0.1, 0.15) is 13.3 Å². The molecule has 0 aromatic carbocycles. The van der Waals surface area contributed by atoms with E-state index in [-0.39, 0.29) is 0 Å². The first-order chi connectivity index (χ1) is 6.11. The Kier molecular flexibility index (Phi) is 2.78. The molecule has 0 aromatic rings. The molecule has 13 heavy (non-hydrogen) atoms. The number of rotatable bonds is 2. The monoisotopic (exact) mass is 180 g/mol. The van der Waals surface area contributed by atoms with Crippen LogP contribution >= 0.6 is 0 Å². The van der Waals surface area contributed by atoms with Gasteiger partial charge in [-0.05, 0) is 13.0 Å². The summed E-state index contributed by atoms with van der Waals surface area (Å²) in [6, 6.07) is 0. The second-order valence-corrected chi connectivity index (χ2v) is 3.22. The van der Waals surface area contributed by atoms with Crippen LogP contribution in [0, 0.1) is 0 Å². The lowest BCUT2D eigenvalue weighted by molar-refractivity contribution is 0.295. The van der Waals surface area contributed by atoms with Crippen molar-refractivity contribution in [3.63, 3.8) is 0 Å². The Hall–Kier alpha value is -1.22. The van der Waals surface area contributed by atoms with Gasteiger partial charge in [0.25, 0.3) is 0 Å². The number of hydrogen-bond donors (Lipinski definition) is 2. The van der Waals surface area contributed by atoms with Crippen LogP contribution < -0.4 is 11.5 Å². The van der Waals surface area contributed by atoms with E-state index in [1.165, 1.54) is 0 Å². The van der Waals surface area contributed by atoms with Crippen molar-refractivity contribution in [2.45, 2.75) is 18.9 Å². The fourth-order valence-electron chi connectivity index (χ4n) is 1.44. The van der Waals surface area contributed by atoms with E-state index in [1.807, 2.05) is 31.2 Å². The molecule has 0 fully saturated rings. The number of allylic oxidation sites excluding steroid dienone is 2. The molecule has 0 aromatic heterocycles. The third-order valence-corrected chi connectivity index (χ3v) is 2.06. The predicted molar refractivity (Wildman–Crippen MR) is 53.7 cm³/mol. The minimum absolute atomic E-state index is 0.444. The molecule has 0 spiro atoms. The summed E-state index contributed by atoms with van der Waals surface area (Å²) in [4.78, 5) is 0. The van der Waals surface area contributed by atoms with Crippen molar-refractivity contribution in [2.24, 2.45) is 11.5 Å². The summed E-state index contributed by atoms with van der Waals surface area (Å²) in [7, 11) is 1.60. The summed E-state index contributed by atoms with van der Waals surface area (Å²) in [6.45, 7) is 1.94. The third-order valence-electron chi connectivity index (χ3n) is 2.06. The van der Waals surface area contributed by atoms with Crippen molar-refractivity contribution in [2.75, 3.05) is 7.11 Å². The summed E-state index contributed by atoms with van der Waals surface area (Å²) in [5.41, 5.74) is 12.1. The fourth-order valence-corrected chi connectivity index (χ4v) is 1.44. The third kappa shape index (κ3) is 2.12. The van der Waals surface area contributed by atoms with Gasteiger partial charge in [0.15, 0.2) is 0 Å². The minimum Gasteiger partial charge on any atom is -0.495 e. The lowest BCUT2D eigenvalue weighted by atomic mass is 9.89. The zero-order valence-corrected chi connectivity index (χ0v) is 8.08. The van der Waals surface area contributed by atoms with Gasteiger partial charge in [-0.3, -0.25) is 0 Å². The first-order valence-corrected chi connectivity index (χ1v) is 4.26. The van der Waals surface area contributed by atoms with Crippen LogP contribution in [0.3, 0.4) is 0 Å². The van der Waals surface area contributed by atoms with E-state index in [4.69, 9.17) is 16.2 Å². The Morgan fingerprint density at radius 3 is 2.77 bits per heavy atom. The van der Waals surface area contributed by atoms with Crippen molar-refractivity contribution >= 4 is 0 Å². The van der Waals surface area contributed by atoms with Crippen LogP contribution in [-0.4, -0.2) is 12.6 Å². The molecule has 1 rings (SSSR count). The van der Waals surface area contributed by atoms with Gasteiger partial charge >= 0.3 is 0 Å². The lowest BCUT2D eigenvalue weighted by Gasteiger charge is -2.26. The molecule has 0 amide bonds. The van der Waals surface area contributed by atoms with Crippen LogP contribution in [0.4, 0.5) is 0 Å². The highest BCUT2D eigenvalue weighted by Gasteiger charge is 2.23. The smallest absolute Gasteiger partial charge is 0.137 e. The molecule has 1 aliphatic rings. The zero-order valence-electron chi connectivity index (χ0n) is 8.08. The molecule has 0 saturated heterocycles. The summed E-state index contributed by atoms with van der Waals surface area (Å²) >= 11 is 0. The Labute approximate surface area is 78.7 Å². The maximum Gasteiger partial charge on any atom is 0.137 e. The van der Waals surface area contributed by atoms with Crippen LogP contribution in [0.25, 0.3) is 0 Å². The molecule has 0 radical (unpaired) electrons. The molecule has 3 heteroatoms. The average molecular weight is 180 g/mol. The molecule has 3 nitrogen and oxygen atoms in total. The van der Waals surface area contributed by atoms with Crippen LogP contribution in [-0.2, 0) is 4.74 Å². The number of ether oxygens (including phenoxy) is 1. The van der Waals surface area contributed by atoms with E-state index in [9.17, 15) is 0 Å². The molecule has 1 aliphatic carbocycles. The van der Waals surface area contributed by atoms with Gasteiger partial charge in [-0.15, -0.1) is 0 Å². The molecule has 4 N–H and O–H groups in total. The topological polar surface area (TPSA) is 61.3 Å². The summed E-state index contributed by atoms with van der Waals surface area (Å²) < 4.78 is 5.06. The quantitative estimate of drug-likeness (QED) is 0.624. The van der Waals surface area contributed by atoms with E-state index in [1.54, 1.807) is 7.11 Å². The lowest BCUT2D eigenvalue weighted by Crippen LogP contribution is -2.38. The normalized spacial score (nSPS) is 28.5. The molecule has 1 atom stereocenters. The summed E-state index contributed by atoms with van der Waals surface area (Å²) in [5.74, 6) is 0.713. The van der Waals surface area contributed by atoms with Crippen molar-refractivity contribution < 1.29 is 4.74 Å². The van der Waals surface area contributed by atoms with Gasteiger partial charge in [-0.1, -0.05) is 18.2 Å². The van der Waals surface area contributed by atoms with Gasteiger partial charge in [-0.2, -0.15) is 0 Å². The Bertz CT molecular complexity index is 279.